The highest BCUT2D eigenvalue weighted by molar-refractivity contribution is 5.97. The standard InChI is InChI=1S/C18H22O3/c1-12-2-5-14(6-3-12)17(19)11-21-18(20)10-16-9-13-4-7-15(16)8-13/h2-3,5-6,13,15-16H,4,7-11H2,1H3. The summed E-state index contributed by atoms with van der Waals surface area (Å²) in [6.07, 6.45) is 5.56. The van der Waals surface area contributed by atoms with Gasteiger partial charge in [0.15, 0.2) is 12.4 Å². The van der Waals surface area contributed by atoms with Crippen molar-refractivity contribution in [2.75, 3.05) is 6.61 Å². The van der Waals surface area contributed by atoms with Crippen LogP contribution in [0.5, 0.6) is 0 Å². The van der Waals surface area contributed by atoms with E-state index in [1.54, 1.807) is 12.1 Å². The second-order valence-corrected chi connectivity index (χ2v) is 6.59. The molecule has 0 radical (unpaired) electrons. The molecular weight excluding hydrogens is 264 g/mol. The van der Waals surface area contributed by atoms with Crippen molar-refractivity contribution in [3.05, 3.63) is 35.4 Å². The lowest BCUT2D eigenvalue weighted by Crippen LogP contribution is -2.19. The minimum atomic E-state index is -0.215. The molecule has 2 fully saturated rings. The first kappa shape index (κ1) is 14.3. The van der Waals surface area contributed by atoms with E-state index in [0.717, 1.165) is 17.4 Å². The molecule has 0 saturated heterocycles. The molecule has 2 aliphatic carbocycles. The number of rotatable bonds is 5. The van der Waals surface area contributed by atoms with E-state index < -0.39 is 0 Å². The molecular formula is C18H22O3. The van der Waals surface area contributed by atoms with E-state index in [1.165, 1.54) is 25.7 Å². The lowest BCUT2D eigenvalue weighted by molar-refractivity contribution is -0.144. The highest BCUT2D eigenvalue weighted by atomic mass is 16.5. The lowest BCUT2D eigenvalue weighted by Gasteiger charge is -2.20. The second-order valence-electron chi connectivity index (χ2n) is 6.59. The number of Topliss-reactive ketones (excluding diaryl/α,β-unsaturated/α-hetero) is 1. The topological polar surface area (TPSA) is 43.4 Å². The Balaban J connectivity index is 1.45. The van der Waals surface area contributed by atoms with Crippen molar-refractivity contribution in [3.8, 4) is 0 Å². The fraction of sp³-hybridized carbons (Fsp3) is 0.556. The molecule has 2 saturated carbocycles. The van der Waals surface area contributed by atoms with Crippen LogP contribution in [0.4, 0.5) is 0 Å². The van der Waals surface area contributed by atoms with Crippen LogP contribution in [0.15, 0.2) is 24.3 Å². The molecule has 1 aromatic carbocycles. The Morgan fingerprint density at radius 2 is 1.90 bits per heavy atom. The average Bonchev–Trinajstić information content (AvgIpc) is 3.08. The molecule has 0 aromatic heterocycles. The number of fused-ring (bicyclic) bond motifs is 2. The van der Waals surface area contributed by atoms with Crippen LogP contribution in [-0.4, -0.2) is 18.4 Å². The highest BCUT2D eigenvalue weighted by Gasteiger charge is 2.40. The summed E-state index contributed by atoms with van der Waals surface area (Å²) in [7, 11) is 0. The molecule has 0 spiro atoms. The molecule has 0 N–H and O–H groups in total. The molecule has 3 unspecified atom stereocenters. The van der Waals surface area contributed by atoms with Crippen LogP contribution < -0.4 is 0 Å². The van der Waals surface area contributed by atoms with Gasteiger partial charge in [0.25, 0.3) is 0 Å². The number of carbonyl (C=O) groups is 2. The number of esters is 1. The Hall–Kier alpha value is -1.64. The van der Waals surface area contributed by atoms with Crippen LogP contribution in [0.3, 0.4) is 0 Å². The number of ketones is 1. The van der Waals surface area contributed by atoms with Crippen molar-refractivity contribution in [2.45, 2.75) is 39.0 Å². The Morgan fingerprint density at radius 1 is 1.14 bits per heavy atom. The predicted molar refractivity (Wildman–Crippen MR) is 80.0 cm³/mol. The van der Waals surface area contributed by atoms with E-state index in [9.17, 15) is 9.59 Å². The van der Waals surface area contributed by atoms with Gasteiger partial charge in [0.1, 0.15) is 0 Å². The van der Waals surface area contributed by atoms with Crippen molar-refractivity contribution in [3.63, 3.8) is 0 Å². The number of benzene rings is 1. The van der Waals surface area contributed by atoms with Crippen molar-refractivity contribution >= 4 is 11.8 Å². The quantitative estimate of drug-likeness (QED) is 0.614. The maximum absolute atomic E-state index is 11.9. The maximum Gasteiger partial charge on any atom is 0.306 e. The molecule has 2 aliphatic rings. The van der Waals surface area contributed by atoms with Gasteiger partial charge in [-0.05, 0) is 43.9 Å². The summed E-state index contributed by atoms with van der Waals surface area (Å²) in [6.45, 7) is 1.84. The number of hydrogen-bond acceptors (Lipinski definition) is 3. The van der Waals surface area contributed by atoms with Gasteiger partial charge in [-0.25, -0.2) is 0 Å². The Morgan fingerprint density at radius 3 is 2.52 bits per heavy atom. The van der Waals surface area contributed by atoms with E-state index in [2.05, 4.69) is 0 Å². The van der Waals surface area contributed by atoms with Crippen LogP contribution in [0.25, 0.3) is 0 Å². The maximum atomic E-state index is 11.9. The zero-order chi connectivity index (χ0) is 14.8. The summed E-state index contributed by atoms with van der Waals surface area (Å²) in [5.74, 6) is 1.70. The number of hydrogen-bond donors (Lipinski definition) is 0. The fourth-order valence-corrected chi connectivity index (χ4v) is 3.87. The van der Waals surface area contributed by atoms with Gasteiger partial charge in [0, 0.05) is 12.0 Å². The summed E-state index contributed by atoms with van der Waals surface area (Å²) < 4.78 is 5.17. The summed E-state index contributed by atoms with van der Waals surface area (Å²) in [6, 6.07) is 7.34. The number of ether oxygens (including phenoxy) is 1. The third-order valence-electron chi connectivity index (χ3n) is 5.05. The normalized spacial score (nSPS) is 26.8. The van der Waals surface area contributed by atoms with Gasteiger partial charge in [-0.1, -0.05) is 36.2 Å². The summed E-state index contributed by atoms with van der Waals surface area (Å²) >= 11 is 0. The van der Waals surface area contributed by atoms with Crippen molar-refractivity contribution in [2.24, 2.45) is 17.8 Å². The van der Waals surface area contributed by atoms with Gasteiger partial charge in [0.05, 0.1) is 0 Å². The molecule has 0 aliphatic heterocycles. The summed E-state index contributed by atoms with van der Waals surface area (Å²) in [4.78, 5) is 23.8. The molecule has 3 atom stereocenters. The zero-order valence-corrected chi connectivity index (χ0v) is 12.5. The van der Waals surface area contributed by atoms with E-state index in [1.807, 2.05) is 19.1 Å². The monoisotopic (exact) mass is 286 g/mol. The van der Waals surface area contributed by atoms with E-state index in [-0.39, 0.29) is 18.4 Å². The Kier molecular flexibility index (Phi) is 4.09. The SMILES string of the molecule is Cc1ccc(C(=O)COC(=O)CC2CC3CCC2C3)cc1. The van der Waals surface area contributed by atoms with Crippen molar-refractivity contribution in [1.82, 2.24) is 0 Å². The number of aryl methyl sites for hydroxylation is 1. The van der Waals surface area contributed by atoms with Crippen LogP contribution in [0.2, 0.25) is 0 Å². The molecule has 112 valence electrons. The first-order valence-electron chi connectivity index (χ1n) is 7.87. The average molecular weight is 286 g/mol. The molecule has 0 amide bonds. The smallest absolute Gasteiger partial charge is 0.306 e. The minimum absolute atomic E-state index is 0.128. The van der Waals surface area contributed by atoms with Crippen molar-refractivity contribution < 1.29 is 14.3 Å². The lowest BCUT2D eigenvalue weighted by atomic mass is 9.86. The van der Waals surface area contributed by atoms with Gasteiger partial charge in [-0.15, -0.1) is 0 Å². The molecule has 21 heavy (non-hydrogen) atoms. The fourth-order valence-electron chi connectivity index (χ4n) is 3.87. The Labute approximate surface area is 125 Å². The Bertz CT molecular complexity index is 532. The highest BCUT2D eigenvalue weighted by Crippen LogP contribution is 2.49. The van der Waals surface area contributed by atoms with Gasteiger partial charge in [0.2, 0.25) is 0 Å². The molecule has 1 aromatic rings. The molecule has 3 heteroatoms. The van der Waals surface area contributed by atoms with Crippen LogP contribution in [-0.2, 0) is 9.53 Å². The largest absolute Gasteiger partial charge is 0.457 e. The van der Waals surface area contributed by atoms with Gasteiger partial charge in [-0.3, -0.25) is 9.59 Å². The van der Waals surface area contributed by atoms with Gasteiger partial charge in [-0.2, -0.15) is 0 Å². The number of carbonyl (C=O) groups excluding carboxylic acids is 2. The van der Waals surface area contributed by atoms with Crippen LogP contribution in [0, 0.1) is 24.7 Å². The van der Waals surface area contributed by atoms with E-state index >= 15 is 0 Å². The first-order valence-corrected chi connectivity index (χ1v) is 7.87. The predicted octanol–water partition coefficient (Wildman–Crippen LogP) is 3.55. The van der Waals surface area contributed by atoms with Crippen molar-refractivity contribution in [1.29, 1.82) is 0 Å². The van der Waals surface area contributed by atoms with Gasteiger partial charge < -0.3 is 4.74 Å². The zero-order valence-electron chi connectivity index (χ0n) is 12.5. The van der Waals surface area contributed by atoms with Gasteiger partial charge >= 0.3 is 5.97 Å². The summed E-state index contributed by atoms with van der Waals surface area (Å²) in [5, 5.41) is 0. The molecule has 3 rings (SSSR count). The minimum Gasteiger partial charge on any atom is -0.457 e. The first-order chi connectivity index (χ1) is 10.1. The molecule has 0 heterocycles. The van der Waals surface area contributed by atoms with E-state index in [0.29, 0.717) is 17.9 Å². The van der Waals surface area contributed by atoms with Crippen LogP contribution >= 0.6 is 0 Å². The molecule has 2 bridgehead atoms. The third-order valence-corrected chi connectivity index (χ3v) is 5.05. The second kappa shape index (κ2) is 6.00. The summed E-state index contributed by atoms with van der Waals surface area (Å²) in [5.41, 5.74) is 1.72. The van der Waals surface area contributed by atoms with E-state index in [4.69, 9.17) is 4.74 Å². The third kappa shape index (κ3) is 3.34. The van der Waals surface area contributed by atoms with Crippen LogP contribution in [0.1, 0.15) is 48.0 Å². The molecule has 3 nitrogen and oxygen atoms in total.